The number of benzene rings is 1. The molecule has 2 aromatic rings. The molecule has 3 N–H and O–H groups in total. The highest BCUT2D eigenvalue weighted by Gasteiger charge is 2.34. The topological polar surface area (TPSA) is 99.5 Å². The van der Waals surface area contributed by atoms with E-state index in [0.717, 1.165) is 24.1 Å². The number of amides is 2. The molecule has 0 radical (unpaired) electrons. The Labute approximate surface area is 158 Å². The van der Waals surface area contributed by atoms with Crippen LogP contribution < -0.4 is 10.6 Å². The van der Waals surface area contributed by atoms with Gasteiger partial charge in [0.1, 0.15) is 0 Å². The first-order valence-electron chi connectivity index (χ1n) is 9.14. The maximum atomic E-state index is 12.1. The van der Waals surface area contributed by atoms with Crippen LogP contribution in [0, 0.1) is 0 Å². The van der Waals surface area contributed by atoms with Gasteiger partial charge in [-0.3, -0.25) is 9.69 Å². The Balaban J connectivity index is 1.39. The third-order valence-corrected chi connectivity index (χ3v) is 4.87. The minimum atomic E-state index is -0.815. The summed E-state index contributed by atoms with van der Waals surface area (Å²) in [6.07, 6.45) is 5.18. The standard InChI is InChI=1S/C19H25N5O3/c1-2-23(13-18(25)26)17-10-15(11-17)22-19(27)20-12-14-4-6-16(7-5-14)24-9-3-8-21-24/h3-9,15,17H,2,10-13H2,1H3,(H,25,26)(H2,20,22,27). The van der Waals surface area contributed by atoms with Crippen molar-refractivity contribution in [1.82, 2.24) is 25.3 Å². The van der Waals surface area contributed by atoms with Gasteiger partial charge in [-0.05, 0) is 43.1 Å². The number of carboxylic acid groups (broad SMARTS) is 1. The van der Waals surface area contributed by atoms with E-state index in [2.05, 4.69) is 15.7 Å². The Morgan fingerprint density at radius 3 is 2.63 bits per heavy atom. The lowest BCUT2D eigenvalue weighted by Gasteiger charge is -2.42. The van der Waals surface area contributed by atoms with E-state index in [1.807, 2.05) is 48.4 Å². The zero-order valence-electron chi connectivity index (χ0n) is 15.3. The quantitative estimate of drug-likeness (QED) is 0.655. The summed E-state index contributed by atoms with van der Waals surface area (Å²) in [6, 6.07) is 9.83. The molecule has 1 aromatic carbocycles. The summed E-state index contributed by atoms with van der Waals surface area (Å²) >= 11 is 0. The van der Waals surface area contributed by atoms with Crippen LogP contribution in [-0.2, 0) is 11.3 Å². The second kappa shape index (κ2) is 8.68. The lowest BCUT2D eigenvalue weighted by Crippen LogP contribution is -2.56. The number of aromatic nitrogens is 2. The molecule has 3 rings (SSSR count). The monoisotopic (exact) mass is 371 g/mol. The van der Waals surface area contributed by atoms with E-state index in [0.29, 0.717) is 13.1 Å². The van der Waals surface area contributed by atoms with Gasteiger partial charge in [-0.2, -0.15) is 5.10 Å². The maximum absolute atomic E-state index is 12.1. The highest BCUT2D eigenvalue weighted by molar-refractivity contribution is 5.74. The summed E-state index contributed by atoms with van der Waals surface area (Å²) in [5, 5.41) is 18.9. The zero-order chi connectivity index (χ0) is 19.2. The summed E-state index contributed by atoms with van der Waals surface area (Å²) in [5.41, 5.74) is 1.97. The molecule has 0 spiro atoms. The van der Waals surface area contributed by atoms with Gasteiger partial charge in [-0.25, -0.2) is 9.48 Å². The van der Waals surface area contributed by atoms with Crippen molar-refractivity contribution in [2.75, 3.05) is 13.1 Å². The molecule has 1 aliphatic rings. The largest absolute Gasteiger partial charge is 0.480 e. The Kier molecular flexibility index (Phi) is 6.08. The Bertz CT molecular complexity index is 754. The highest BCUT2D eigenvalue weighted by Crippen LogP contribution is 2.25. The number of nitrogens with one attached hydrogen (secondary N) is 2. The van der Waals surface area contributed by atoms with E-state index >= 15 is 0 Å². The minimum Gasteiger partial charge on any atom is -0.480 e. The van der Waals surface area contributed by atoms with Crippen LogP contribution in [0.25, 0.3) is 5.69 Å². The fourth-order valence-corrected chi connectivity index (χ4v) is 3.28. The fourth-order valence-electron chi connectivity index (χ4n) is 3.28. The Morgan fingerprint density at radius 1 is 1.30 bits per heavy atom. The van der Waals surface area contributed by atoms with Gasteiger partial charge in [0.25, 0.3) is 0 Å². The predicted octanol–water partition coefficient (Wildman–Crippen LogP) is 1.61. The maximum Gasteiger partial charge on any atom is 0.317 e. The molecular weight excluding hydrogens is 346 g/mol. The molecule has 2 amide bonds. The van der Waals surface area contributed by atoms with Crippen molar-refractivity contribution in [2.45, 2.75) is 38.4 Å². The smallest absolute Gasteiger partial charge is 0.317 e. The van der Waals surface area contributed by atoms with Crippen LogP contribution in [0.5, 0.6) is 0 Å². The molecule has 0 atom stereocenters. The van der Waals surface area contributed by atoms with Crippen LogP contribution in [0.3, 0.4) is 0 Å². The SMILES string of the molecule is CCN(CC(=O)O)C1CC(NC(=O)NCc2ccc(-n3cccn3)cc2)C1. The summed E-state index contributed by atoms with van der Waals surface area (Å²) in [4.78, 5) is 24.8. The number of nitrogens with zero attached hydrogens (tertiary/aromatic N) is 3. The van der Waals surface area contributed by atoms with Gasteiger partial charge >= 0.3 is 12.0 Å². The normalized spacial score (nSPS) is 18.7. The molecule has 27 heavy (non-hydrogen) atoms. The summed E-state index contributed by atoms with van der Waals surface area (Å²) in [5.74, 6) is -0.815. The second-order valence-electron chi connectivity index (χ2n) is 6.72. The molecule has 8 nitrogen and oxygen atoms in total. The molecule has 1 aromatic heterocycles. The van der Waals surface area contributed by atoms with Crippen molar-refractivity contribution in [3.63, 3.8) is 0 Å². The van der Waals surface area contributed by atoms with Crippen LogP contribution in [0.2, 0.25) is 0 Å². The number of aliphatic carboxylic acids is 1. The van der Waals surface area contributed by atoms with Crippen molar-refractivity contribution in [1.29, 1.82) is 0 Å². The first-order chi connectivity index (χ1) is 13.0. The molecule has 1 fully saturated rings. The number of carbonyl (C=O) groups excluding carboxylic acids is 1. The Morgan fingerprint density at radius 2 is 2.04 bits per heavy atom. The lowest BCUT2D eigenvalue weighted by molar-refractivity contribution is -0.139. The van der Waals surface area contributed by atoms with Crippen molar-refractivity contribution >= 4 is 12.0 Å². The van der Waals surface area contributed by atoms with E-state index in [-0.39, 0.29) is 24.7 Å². The first kappa shape index (κ1) is 18.9. The van der Waals surface area contributed by atoms with Gasteiger partial charge in [0.15, 0.2) is 0 Å². The number of hydrogen-bond acceptors (Lipinski definition) is 4. The molecule has 144 valence electrons. The van der Waals surface area contributed by atoms with Crippen LogP contribution >= 0.6 is 0 Å². The number of hydrogen-bond donors (Lipinski definition) is 3. The number of rotatable bonds is 8. The van der Waals surface area contributed by atoms with Crippen molar-refractivity contribution < 1.29 is 14.7 Å². The molecule has 1 aliphatic carbocycles. The molecule has 1 heterocycles. The average Bonchev–Trinajstić information content (AvgIpc) is 3.16. The van der Waals surface area contributed by atoms with Crippen LogP contribution in [-0.4, -0.2) is 57.0 Å². The van der Waals surface area contributed by atoms with Crippen LogP contribution in [0.1, 0.15) is 25.3 Å². The van der Waals surface area contributed by atoms with Crippen molar-refractivity contribution in [3.8, 4) is 5.69 Å². The van der Waals surface area contributed by atoms with E-state index in [1.54, 1.807) is 10.9 Å². The molecule has 0 bridgehead atoms. The summed E-state index contributed by atoms with van der Waals surface area (Å²) in [7, 11) is 0. The van der Waals surface area contributed by atoms with E-state index in [9.17, 15) is 9.59 Å². The number of urea groups is 1. The van der Waals surface area contributed by atoms with Gasteiger partial charge in [-0.15, -0.1) is 0 Å². The van der Waals surface area contributed by atoms with Gasteiger partial charge in [0.2, 0.25) is 0 Å². The zero-order valence-corrected chi connectivity index (χ0v) is 15.3. The summed E-state index contributed by atoms with van der Waals surface area (Å²) in [6.45, 7) is 3.15. The average molecular weight is 371 g/mol. The van der Waals surface area contributed by atoms with Gasteiger partial charge in [0, 0.05) is 31.0 Å². The van der Waals surface area contributed by atoms with Gasteiger partial charge in [-0.1, -0.05) is 19.1 Å². The number of carboxylic acids is 1. The molecular formula is C19H25N5O3. The molecule has 0 unspecified atom stereocenters. The van der Waals surface area contributed by atoms with Crippen LogP contribution in [0.4, 0.5) is 4.79 Å². The third kappa shape index (κ3) is 5.07. The highest BCUT2D eigenvalue weighted by atomic mass is 16.4. The lowest BCUT2D eigenvalue weighted by atomic mass is 9.85. The molecule has 0 aliphatic heterocycles. The summed E-state index contributed by atoms with van der Waals surface area (Å²) < 4.78 is 1.78. The molecule has 0 saturated heterocycles. The van der Waals surface area contributed by atoms with E-state index < -0.39 is 5.97 Å². The van der Waals surface area contributed by atoms with Crippen LogP contribution in [0.15, 0.2) is 42.7 Å². The predicted molar refractivity (Wildman–Crippen MR) is 101 cm³/mol. The molecule has 1 saturated carbocycles. The Hall–Kier alpha value is -2.87. The fraction of sp³-hybridized carbons (Fsp3) is 0.421. The third-order valence-electron chi connectivity index (χ3n) is 4.87. The number of carbonyl (C=O) groups is 2. The minimum absolute atomic E-state index is 0.0502. The van der Waals surface area contributed by atoms with Crippen molar-refractivity contribution in [2.24, 2.45) is 0 Å². The van der Waals surface area contributed by atoms with E-state index in [1.165, 1.54) is 0 Å². The first-order valence-corrected chi connectivity index (χ1v) is 9.14. The van der Waals surface area contributed by atoms with Gasteiger partial charge in [0.05, 0.1) is 12.2 Å². The second-order valence-corrected chi connectivity index (χ2v) is 6.72. The van der Waals surface area contributed by atoms with Gasteiger partial charge < -0.3 is 15.7 Å². The van der Waals surface area contributed by atoms with E-state index in [4.69, 9.17) is 5.11 Å². The molecule has 8 heteroatoms. The van der Waals surface area contributed by atoms with Crippen molar-refractivity contribution in [3.05, 3.63) is 48.3 Å². The number of likely N-dealkylation sites (N-methyl/N-ethyl adjacent to an activating group) is 1.